The minimum absolute atomic E-state index is 0.468. The van der Waals surface area contributed by atoms with E-state index in [9.17, 15) is 0 Å². The molecule has 0 aromatic rings. The Labute approximate surface area is 119 Å². The zero-order valence-electron chi connectivity index (χ0n) is 13.1. The highest BCUT2D eigenvalue weighted by Gasteiger charge is 2.33. The molecule has 1 unspecified atom stereocenters. The van der Waals surface area contributed by atoms with Gasteiger partial charge < -0.3 is 5.73 Å². The van der Waals surface area contributed by atoms with Gasteiger partial charge in [0, 0.05) is 37.3 Å². The van der Waals surface area contributed by atoms with E-state index >= 15 is 0 Å². The quantitative estimate of drug-likeness (QED) is 0.830. The van der Waals surface area contributed by atoms with Crippen molar-refractivity contribution in [2.45, 2.75) is 83.5 Å². The molecule has 2 N–H and O–H groups in total. The maximum atomic E-state index is 6.06. The van der Waals surface area contributed by atoms with Crippen molar-refractivity contribution < 1.29 is 0 Å². The van der Waals surface area contributed by atoms with Crippen LogP contribution in [0.15, 0.2) is 0 Å². The van der Waals surface area contributed by atoms with Crippen molar-refractivity contribution >= 4 is 0 Å². The standard InChI is InChI=1S/C16H33N3/c1-4-10-19(15-7-5-14(17)6-8-15)16-9-11-18(12-16)13(2)3/h13-16H,4-12,17H2,1-3H3. The highest BCUT2D eigenvalue weighted by Crippen LogP contribution is 2.27. The third-order valence-electron chi connectivity index (χ3n) is 5.09. The van der Waals surface area contributed by atoms with E-state index in [-0.39, 0.29) is 0 Å². The van der Waals surface area contributed by atoms with Gasteiger partial charge in [-0.15, -0.1) is 0 Å². The van der Waals surface area contributed by atoms with Crippen molar-refractivity contribution in [3.63, 3.8) is 0 Å². The van der Waals surface area contributed by atoms with Gasteiger partial charge in [0.1, 0.15) is 0 Å². The lowest BCUT2D eigenvalue weighted by Gasteiger charge is -2.40. The van der Waals surface area contributed by atoms with Crippen LogP contribution in [0.2, 0.25) is 0 Å². The first-order valence-corrected chi connectivity index (χ1v) is 8.37. The highest BCUT2D eigenvalue weighted by molar-refractivity contribution is 4.90. The average molecular weight is 267 g/mol. The second-order valence-corrected chi connectivity index (χ2v) is 6.84. The molecule has 0 aromatic heterocycles. The van der Waals surface area contributed by atoms with E-state index < -0.39 is 0 Å². The lowest BCUT2D eigenvalue weighted by Crippen LogP contribution is -2.48. The number of nitrogens with zero attached hydrogens (tertiary/aromatic N) is 2. The first-order chi connectivity index (χ1) is 9.11. The Balaban J connectivity index is 1.92. The molecule has 0 spiro atoms. The molecule has 112 valence electrons. The molecular weight excluding hydrogens is 234 g/mol. The Morgan fingerprint density at radius 3 is 2.32 bits per heavy atom. The molecule has 2 rings (SSSR count). The molecule has 19 heavy (non-hydrogen) atoms. The van der Waals surface area contributed by atoms with Gasteiger partial charge in [0.05, 0.1) is 0 Å². The molecule has 1 saturated carbocycles. The van der Waals surface area contributed by atoms with Gasteiger partial charge in [0.15, 0.2) is 0 Å². The smallest absolute Gasteiger partial charge is 0.0238 e. The monoisotopic (exact) mass is 267 g/mol. The summed E-state index contributed by atoms with van der Waals surface area (Å²) in [6.07, 6.45) is 7.73. The third kappa shape index (κ3) is 3.93. The van der Waals surface area contributed by atoms with E-state index in [1.165, 1.54) is 58.2 Å². The molecule has 1 aliphatic heterocycles. The summed E-state index contributed by atoms with van der Waals surface area (Å²) in [5, 5.41) is 0. The minimum Gasteiger partial charge on any atom is -0.328 e. The molecule has 0 aromatic carbocycles. The zero-order chi connectivity index (χ0) is 13.8. The number of hydrogen-bond acceptors (Lipinski definition) is 3. The summed E-state index contributed by atoms with van der Waals surface area (Å²) < 4.78 is 0. The van der Waals surface area contributed by atoms with E-state index in [0.29, 0.717) is 12.1 Å². The summed E-state index contributed by atoms with van der Waals surface area (Å²) in [7, 11) is 0. The van der Waals surface area contributed by atoms with Crippen molar-refractivity contribution in [1.29, 1.82) is 0 Å². The maximum absolute atomic E-state index is 6.06. The molecule has 1 atom stereocenters. The van der Waals surface area contributed by atoms with Crippen LogP contribution in [0.3, 0.4) is 0 Å². The summed E-state index contributed by atoms with van der Waals surface area (Å²) in [6, 6.07) is 2.77. The number of nitrogens with two attached hydrogens (primary N) is 1. The molecule has 3 nitrogen and oxygen atoms in total. The molecule has 1 aliphatic carbocycles. The van der Waals surface area contributed by atoms with Crippen LogP contribution in [0, 0.1) is 0 Å². The van der Waals surface area contributed by atoms with Crippen molar-refractivity contribution in [3.8, 4) is 0 Å². The fourth-order valence-electron chi connectivity index (χ4n) is 3.86. The van der Waals surface area contributed by atoms with Gasteiger partial charge in [0.25, 0.3) is 0 Å². The Morgan fingerprint density at radius 1 is 1.11 bits per heavy atom. The van der Waals surface area contributed by atoms with Gasteiger partial charge in [-0.2, -0.15) is 0 Å². The van der Waals surface area contributed by atoms with Gasteiger partial charge in [-0.1, -0.05) is 6.92 Å². The zero-order valence-corrected chi connectivity index (χ0v) is 13.1. The van der Waals surface area contributed by atoms with Crippen molar-refractivity contribution in [2.75, 3.05) is 19.6 Å². The van der Waals surface area contributed by atoms with Crippen LogP contribution in [0.5, 0.6) is 0 Å². The van der Waals surface area contributed by atoms with E-state index in [4.69, 9.17) is 5.73 Å². The summed E-state index contributed by atoms with van der Waals surface area (Å²) in [5.41, 5.74) is 6.06. The van der Waals surface area contributed by atoms with Crippen LogP contribution < -0.4 is 5.73 Å². The second-order valence-electron chi connectivity index (χ2n) is 6.84. The van der Waals surface area contributed by atoms with Crippen LogP contribution in [0.1, 0.15) is 59.3 Å². The van der Waals surface area contributed by atoms with Gasteiger partial charge in [-0.05, 0) is 58.9 Å². The molecule has 3 heteroatoms. The van der Waals surface area contributed by atoms with Crippen LogP contribution >= 0.6 is 0 Å². The summed E-state index contributed by atoms with van der Waals surface area (Å²) in [4.78, 5) is 5.47. The first-order valence-electron chi connectivity index (χ1n) is 8.37. The van der Waals surface area contributed by atoms with Crippen molar-refractivity contribution in [2.24, 2.45) is 5.73 Å². The predicted molar refractivity (Wildman–Crippen MR) is 82.3 cm³/mol. The second kappa shape index (κ2) is 7.05. The largest absolute Gasteiger partial charge is 0.328 e. The third-order valence-corrected chi connectivity index (χ3v) is 5.09. The molecule has 2 fully saturated rings. The summed E-state index contributed by atoms with van der Waals surface area (Å²) >= 11 is 0. The Morgan fingerprint density at radius 2 is 1.79 bits per heavy atom. The van der Waals surface area contributed by atoms with Crippen LogP contribution in [-0.4, -0.2) is 53.6 Å². The van der Waals surface area contributed by atoms with Gasteiger partial charge >= 0.3 is 0 Å². The van der Waals surface area contributed by atoms with Crippen molar-refractivity contribution in [1.82, 2.24) is 9.80 Å². The maximum Gasteiger partial charge on any atom is 0.0238 e. The number of likely N-dealkylation sites (tertiary alicyclic amines) is 1. The van der Waals surface area contributed by atoms with Crippen LogP contribution in [0.4, 0.5) is 0 Å². The van der Waals surface area contributed by atoms with E-state index in [1.807, 2.05) is 0 Å². The highest BCUT2D eigenvalue weighted by atomic mass is 15.3. The topological polar surface area (TPSA) is 32.5 Å². The van der Waals surface area contributed by atoms with E-state index in [0.717, 1.165) is 12.1 Å². The summed E-state index contributed by atoms with van der Waals surface area (Å²) in [6.45, 7) is 10.8. The molecule has 1 saturated heterocycles. The molecule has 1 heterocycles. The molecule has 2 aliphatic rings. The fourth-order valence-corrected chi connectivity index (χ4v) is 3.86. The lowest BCUT2D eigenvalue weighted by atomic mass is 9.89. The van der Waals surface area contributed by atoms with E-state index in [2.05, 4.69) is 30.6 Å². The Bertz CT molecular complexity index is 259. The van der Waals surface area contributed by atoms with Gasteiger partial charge in [-0.25, -0.2) is 0 Å². The SMILES string of the molecule is CCCN(C1CCC(N)CC1)C1CCN(C(C)C)C1. The lowest BCUT2D eigenvalue weighted by molar-refractivity contribution is 0.0986. The van der Waals surface area contributed by atoms with E-state index in [1.54, 1.807) is 0 Å². The molecular formula is C16H33N3. The molecule has 0 amide bonds. The first kappa shape index (κ1) is 15.3. The average Bonchev–Trinajstić information content (AvgIpc) is 2.87. The normalized spacial score (nSPS) is 33.5. The predicted octanol–water partition coefficient (Wildman–Crippen LogP) is 2.45. The number of rotatable bonds is 5. The molecule has 0 bridgehead atoms. The van der Waals surface area contributed by atoms with Crippen LogP contribution in [-0.2, 0) is 0 Å². The fraction of sp³-hybridized carbons (Fsp3) is 1.00. The molecule has 0 radical (unpaired) electrons. The van der Waals surface area contributed by atoms with Crippen LogP contribution in [0.25, 0.3) is 0 Å². The number of hydrogen-bond donors (Lipinski definition) is 1. The Kier molecular flexibility index (Phi) is 5.67. The Hall–Kier alpha value is -0.120. The van der Waals surface area contributed by atoms with Gasteiger partial charge in [-0.3, -0.25) is 9.80 Å². The minimum atomic E-state index is 0.468. The van der Waals surface area contributed by atoms with Gasteiger partial charge in [0.2, 0.25) is 0 Å². The summed E-state index contributed by atoms with van der Waals surface area (Å²) in [5.74, 6) is 0. The van der Waals surface area contributed by atoms with Crippen molar-refractivity contribution in [3.05, 3.63) is 0 Å².